The van der Waals surface area contributed by atoms with E-state index in [-0.39, 0.29) is 0 Å². The first-order chi connectivity index (χ1) is 6.88. The van der Waals surface area contributed by atoms with E-state index in [0.717, 1.165) is 5.69 Å². The van der Waals surface area contributed by atoms with Crippen molar-refractivity contribution in [1.82, 2.24) is 4.98 Å². The third kappa shape index (κ3) is 4.28. The Bertz CT molecular complexity index is 396. The molecule has 3 heteroatoms. The molecule has 1 aromatic rings. The molecule has 0 aliphatic rings. The lowest BCUT2D eigenvalue weighted by molar-refractivity contribution is 0.194. The van der Waals surface area contributed by atoms with Crippen LogP contribution in [0.3, 0.4) is 0 Å². The summed E-state index contributed by atoms with van der Waals surface area (Å²) in [5.74, 6) is 3.07. The molecule has 1 heterocycles. The maximum Gasteiger partial charge on any atom is 0.129 e. The summed E-state index contributed by atoms with van der Waals surface area (Å²) in [6, 6.07) is 5.56. The van der Waals surface area contributed by atoms with Crippen LogP contribution < -0.4 is 0 Å². The molecule has 0 bridgehead atoms. The molecule has 1 atom stereocenters. The van der Waals surface area contributed by atoms with Crippen LogP contribution >= 0.6 is 0 Å². The minimum absolute atomic E-state index is 0.529. The van der Waals surface area contributed by atoms with Gasteiger partial charge in [0.15, 0.2) is 0 Å². The van der Waals surface area contributed by atoms with Gasteiger partial charge < -0.3 is 5.11 Å². The van der Waals surface area contributed by atoms with Crippen LogP contribution in [0.4, 0.5) is 0 Å². The quantitative estimate of drug-likeness (QED) is 0.581. The largest absolute Gasteiger partial charge is 0.387 e. The van der Waals surface area contributed by atoms with Gasteiger partial charge in [-0.25, -0.2) is 4.98 Å². The second-order valence-corrected chi connectivity index (χ2v) is 9.37. The summed E-state index contributed by atoms with van der Waals surface area (Å²) in [6.45, 7) is 8.29. The molecule has 0 fully saturated rings. The SMILES string of the molecule is CC(O)c1cccc(C#C[Si](C)(C)C)n1. The smallest absolute Gasteiger partial charge is 0.129 e. The lowest BCUT2D eigenvalue weighted by Crippen LogP contribution is -2.16. The van der Waals surface area contributed by atoms with E-state index >= 15 is 0 Å². The van der Waals surface area contributed by atoms with Crippen molar-refractivity contribution < 1.29 is 5.11 Å². The van der Waals surface area contributed by atoms with Crippen molar-refractivity contribution in [2.75, 3.05) is 0 Å². The number of pyridine rings is 1. The molecule has 0 amide bonds. The summed E-state index contributed by atoms with van der Waals surface area (Å²) < 4.78 is 0. The molecule has 0 saturated carbocycles. The lowest BCUT2D eigenvalue weighted by atomic mass is 10.2. The molecule has 0 aliphatic heterocycles. The van der Waals surface area contributed by atoms with E-state index in [0.29, 0.717) is 5.69 Å². The molecule has 1 aromatic heterocycles. The standard InChI is InChI=1S/C12H17NOSi/c1-10(14)12-7-5-6-11(13-12)8-9-15(2,3)4/h5-7,10,14H,1-4H3. The summed E-state index contributed by atoms with van der Waals surface area (Å²) in [6.07, 6.45) is -0.529. The molecule has 80 valence electrons. The molecule has 0 spiro atoms. The van der Waals surface area contributed by atoms with Gasteiger partial charge in [0, 0.05) is 0 Å². The van der Waals surface area contributed by atoms with Gasteiger partial charge in [-0.1, -0.05) is 31.6 Å². The second-order valence-electron chi connectivity index (χ2n) is 4.62. The summed E-state index contributed by atoms with van der Waals surface area (Å²) >= 11 is 0. The van der Waals surface area contributed by atoms with Crippen LogP contribution in [0.15, 0.2) is 18.2 Å². The Hall–Kier alpha value is -1.11. The maximum absolute atomic E-state index is 9.37. The number of hydrogen-bond donors (Lipinski definition) is 1. The fraction of sp³-hybridized carbons (Fsp3) is 0.417. The van der Waals surface area contributed by atoms with Gasteiger partial charge in [0.25, 0.3) is 0 Å². The highest BCUT2D eigenvalue weighted by Gasteiger charge is 2.08. The Balaban J connectivity index is 2.95. The molecule has 0 aromatic carbocycles. The average Bonchev–Trinajstić information content (AvgIpc) is 2.14. The summed E-state index contributed by atoms with van der Waals surface area (Å²) in [5, 5.41) is 9.37. The van der Waals surface area contributed by atoms with E-state index in [4.69, 9.17) is 0 Å². The third-order valence-electron chi connectivity index (χ3n) is 1.76. The van der Waals surface area contributed by atoms with Gasteiger partial charge in [0.1, 0.15) is 13.8 Å². The summed E-state index contributed by atoms with van der Waals surface area (Å²) in [7, 11) is -1.35. The van der Waals surface area contributed by atoms with Gasteiger partial charge in [0.05, 0.1) is 11.8 Å². The molecule has 1 rings (SSSR count). The topological polar surface area (TPSA) is 33.1 Å². The highest BCUT2D eigenvalue weighted by molar-refractivity contribution is 6.83. The number of aliphatic hydroxyl groups is 1. The van der Waals surface area contributed by atoms with E-state index in [1.807, 2.05) is 18.2 Å². The van der Waals surface area contributed by atoms with Crippen molar-refractivity contribution >= 4 is 8.07 Å². The number of hydrogen-bond acceptors (Lipinski definition) is 2. The average molecular weight is 219 g/mol. The van der Waals surface area contributed by atoms with Crippen molar-refractivity contribution in [3.8, 4) is 11.5 Å². The normalized spacial score (nSPS) is 12.9. The van der Waals surface area contributed by atoms with E-state index in [9.17, 15) is 5.11 Å². The Kier molecular flexibility index (Phi) is 3.67. The van der Waals surface area contributed by atoms with E-state index in [1.54, 1.807) is 6.92 Å². The zero-order chi connectivity index (χ0) is 11.5. The Labute approximate surface area is 92.4 Å². The summed E-state index contributed by atoms with van der Waals surface area (Å²) in [5.41, 5.74) is 4.67. The first-order valence-corrected chi connectivity index (χ1v) is 8.57. The van der Waals surface area contributed by atoms with Crippen molar-refractivity contribution in [3.05, 3.63) is 29.6 Å². The van der Waals surface area contributed by atoms with Gasteiger partial charge in [-0.3, -0.25) is 0 Å². The third-order valence-corrected chi connectivity index (χ3v) is 2.64. The lowest BCUT2D eigenvalue weighted by Gasteiger charge is -2.05. The van der Waals surface area contributed by atoms with Gasteiger partial charge in [-0.2, -0.15) is 0 Å². The Morgan fingerprint density at radius 1 is 1.33 bits per heavy atom. The van der Waals surface area contributed by atoms with Gasteiger partial charge in [-0.05, 0) is 19.1 Å². The predicted molar refractivity (Wildman–Crippen MR) is 65.1 cm³/mol. The minimum atomic E-state index is -1.35. The fourth-order valence-electron chi connectivity index (χ4n) is 1.01. The van der Waals surface area contributed by atoms with Crippen molar-refractivity contribution in [2.24, 2.45) is 0 Å². The number of aliphatic hydroxyl groups excluding tert-OH is 1. The van der Waals surface area contributed by atoms with Crippen molar-refractivity contribution in [3.63, 3.8) is 0 Å². The monoisotopic (exact) mass is 219 g/mol. The van der Waals surface area contributed by atoms with Crippen LogP contribution in [0.5, 0.6) is 0 Å². The van der Waals surface area contributed by atoms with Crippen LogP contribution in [-0.2, 0) is 0 Å². The summed E-state index contributed by atoms with van der Waals surface area (Å²) in [4.78, 5) is 4.27. The number of rotatable bonds is 1. The van der Waals surface area contributed by atoms with Gasteiger partial charge >= 0.3 is 0 Å². The first kappa shape index (κ1) is 12.0. The second kappa shape index (κ2) is 4.60. The Morgan fingerprint density at radius 2 is 2.00 bits per heavy atom. The molecule has 0 saturated heterocycles. The minimum Gasteiger partial charge on any atom is -0.387 e. The van der Waals surface area contributed by atoms with Crippen LogP contribution in [0.1, 0.15) is 24.4 Å². The Morgan fingerprint density at radius 3 is 2.53 bits per heavy atom. The molecular weight excluding hydrogens is 202 g/mol. The van der Waals surface area contributed by atoms with Gasteiger partial charge in [0.2, 0.25) is 0 Å². The highest BCUT2D eigenvalue weighted by atomic mass is 28.3. The highest BCUT2D eigenvalue weighted by Crippen LogP contribution is 2.08. The molecule has 1 unspecified atom stereocenters. The molecule has 2 nitrogen and oxygen atoms in total. The van der Waals surface area contributed by atoms with E-state index in [2.05, 4.69) is 36.1 Å². The van der Waals surface area contributed by atoms with Crippen LogP contribution in [-0.4, -0.2) is 18.2 Å². The fourth-order valence-corrected chi connectivity index (χ4v) is 1.51. The van der Waals surface area contributed by atoms with Gasteiger partial charge in [-0.15, -0.1) is 5.54 Å². The zero-order valence-corrected chi connectivity index (χ0v) is 10.7. The van der Waals surface area contributed by atoms with Crippen molar-refractivity contribution in [2.45, 2.75) is 32.7 Å². The first-order valence-electron chi connectivity index (χ1n) is 5.07. The van der Waals surface area contributed by atoms with E-state index in [1.165, 1.54) is 0 Å². The van der Waals surface area contributed by atoms with Crippen molar-refractivity contribution in [1.29, 1.82) is 0 Å². The molecule has 0 radical (unpaired) electrons. The molecular formula is C12H17NOSi. The number of aromatic nitrogens is 1. The molecule has 1 N–H and O–H groups in total. The zero-order valence-electron chi connectivity index (χ0n) is 9.70. The number of nitrogens with zero attached hydrogens (tertiary/aromatic N) is 1. The predicted octanol–water partition coefficient (Wildman–Crippen LogP) is 2.36. The molecule has 0 aliphatic carbocycles. The molecule has 15 heavy (non-hydrogen) atoms. The maximum atomic E-state index is 9.37. The van der Waals surface area contributed by atoms with Crippen LogP contribution in [0.25, 0.3) is 0 Å². The van der Waals surface area contributed by atoms with Crippen LogP contribution in [0, 0.1) is 11.5 Å². The van der Waals surface area contributed by atoms with Crippen LogP contribution in [0.2, 0.25) is 19.6 Å². The van der Waals surface area contributed by atoms with E-state index < -0.39 is 14.2 Å².